The number of nitrogens with two attached hydrogens (primary N) is 1. The van der Waals surface area contributed by atoms with Gasteiger partial charge in [0, 0.05) is 16.3 Å². The molecule has 18 heavy (non-hydrogen) atoms. The molecule has 0 saturated carbocycles. The van der Waals surface area contributed by atoms with Crippen molar-refractivity contribution in [1.82, 2.24) is 0 Å². The molecule has 0 bridgehead atoms. The summed E-state index contributed by atoms with van der Waals surface area (Å²) in [6.45, 7) is 0. The van der Waals surface area contributed by atoms with Crippen LogP contribution in [-0.4, -0.2) is 0 Å². The minimum absolute atomic E-state index is 0.0299. The van der Waals surface area contributed by atoms with E-state index in [-0.39, 0.29) is 16.1 Å². The van der Waals surface area contributed by atoms with Gasteiger partial charge in [-0.05, 0) is 29.8 Å². The predicted molar refractivity (Wildman–Crippen MR) is 66.3 cm³/mol. The standard InChI is InChI=1S/C13H9ClF3N/c14-12-6-5-8(18)7-10(12)9-3-1-2-4-11(9)13(15,16)17/h1-7H,18H2. The van der Waals surface area contributed by atoms with Crippen molar-refractivity contribution in [3.05, 3.63) is 53.1 Å². The molecule has 0 aliphatic carbocycles. The van der Waals surface area contributed by atoms with E-state index in [0.29, 0.717) is 5.69 Å². The molecule has 0 amide bonds. The zero-order valence-electron chi connectivity index (χ0n) is 9.13. The topological polar surface area (TPSA) is 26.0 Å². The monoisotopic (exact) mass is 271 g/mol. The summed E-state index contributed by atoms with van der Waals surface area (Å²) >= 11 is 5.93. The van der Waals surface area contributed by atoms with Crippen molar-refractivity contribution in [3.8, 4) is 11.1 Å². The molecule has 2 aromatic rings. The first-order valence-electron chi connectivity index (χ1n) is 5.11. The predicted octanol–water partition coefficient (Wildman–Crippen LogP) is 4.61. The van der Waals surface area contributed by atoms with E-state index in [1.807, 2.05) is 0 Å². The van der Waals surface area contributed by atoms with Crippen LogP contribution in [0.4, 0.5) is 18.9 Å². The van der Waals surface area contributed by atoms with Crippen LogP contribution in [0.3, 0.4) is 0 Å². The van der Waals surface area contributed by atoms with Crippen molar-refractivity contribution >= 4 is 17.3 Å². The highest BCUT2D eigenvalue weighted by atomic mass is 35.5. The fourth-order valence-electron chi connectivity index (χ4n) is 1.71. The zero-order valence-corrected chi connectivity index (χ0v) is 9.89. The van der Waals surface area contributed by atoms with E-state index in [0.717, 1.165) is 6.07 Å². The van der Waals surface area contributed by atoms with E-state index >= 15 is 0 Å². The molecule has 1 nitrogen and oxygen atoms in total. The summed E-state index contributed by atoms with van der Waals surface area (Å²) in [5.41, 5.74) is 5.54. The summed E-state index contributed by atoms with van der Waals surface area (Å²) in [5, 5.41) is 0.237. The van der Waals surface area contributed by atoms with Gasteiger partial charge >= 0.3 is 6.18 Å². The van der Waals surface area contributed by atoms with Gasteiger partial charge in [0.2, 0.25) is 0 Å². The highest BCUT2D eigenvalue weighted by molar-refractivity contribution is 6.33. The van der Waals surface area contributed by atoms with Gasteiger partial charge in [-0.15, -0.1) is 0 Å². The highest BCUT2D eigenvalue weighted by Crippen LogP contribution is 2.39. The van der Waals surface area contributed by atoms with Crippen LogP contribution in [0.2, 0.25) is 5.02 Å². The van der Waals surface area contributed by atoms with E-state index in [2.05, 4.69) is 0 Å². The third-order valence-corrected chi connectivity index (χ3v) is 2.84. The van der Waals surface area contributed by atoms with Gasteiger partial charge in [-0.2, -0.15) is 13.2 Å². The van der Waals surface area contributed by atoms with E-state index < -0.39 is 11.7 Å². The molecule has 0 spiro atoms. The van der Waals surface area contributed by atoms with Gasteiger partial charge < -0.3 is 5.73 Å². The second-order valence-corrected chi connectivity index (χ2v) is 4.19. The molecule has 0 saturated heterocycles. The molecule has 0 aliphatic heterocycles. The van der Waals surface area contributed by atoms with Crippen LogP contribution in [0, 0.1) is 0 Å². The average molecular weight is 272 g/mol. The normalized spacial score (nSPS) is 11.6. The van der Waals surface area contributed by atoms with Gasteiger partial charge in [-0.25, -0.2) is 0 Å². The molecule has 2 aromatic carbocycles. The molecule has 2 N–H and O–H groups in total. The molecule has 0 fully saturated rings. The van der Waals surface area contributed by atoms with Crippen LogP contribution in [-0.2, 0) is 6.18 Å². The second-order valence-electron chi connectivity index (χ2n) is 3.78. The van der Waals surface area contributed by atoms with Crippen LogP contribution >= 0.6 is 11.6 Å². The Morgan fingerprint density at radius 1 is 0.944 bits per heavy atom. The molecule has 0 unspecified atom stereocenters. The van der Waals surface area contributed by atoms with Gasteiger partial charge in [-0.1, -0.05) is 29.8 Å². The Kier molecular flexibility index (Phi) is 3.22. The maximum Gasteiger partial charge on any atom is 0.417 e. The Hall–Kier alpha value is -1.68. The molecule has 0 radical (unpaired) electrons. The fourth-order valence-corrected chi connectivity index (χ4v) is 1.93. The molecular weight excluding hydrogens is 263 g/mol. The highest BCUT2D eigenvalue weighted by Gasteiger charge is 2.33. The minimum Gasteiger partial charge on any atom is -0.399 e. The molecule has 2 rings (SSSR count). The van der Waals surface area contributed by atoms with E-state index in [1.54, 1.807) is 6.07 Å². The van der Waals surface area contributed by atoms with E-state index in [1.165, 1.54) is 30.3 Å². The first kappa shape index (κ1) is 12.8. The lowest BCUT2D eigenvalue weighted by molar-refractivity contribution is -0.137. The second kappa shape index (κ2) is 4.53. The summed E-state index contributed by atoms with van der Waals surface area (Å²) < 4.78 is 38.7. The smallest absolute Gasteiger partial charge is 0.399 e. The van der Waals surface area contributed by atoms with Crippen molar-refractivity contribution in [2.45, 2.75) is 6.18 Å². The summed E-state index contributed by atoms with van der Waals surface area (Å²) in [6, 6.07) is 9.74. The summed E-state index contributed by atoms with van der Waals surface area (Å²) in [5.74, 6) is 0. The van der Waals surface area contributed by atoms with Crippen molar-refractivity contribution in [3.63, 3.8) is 0 Å². The number of benzene rings is 2. The first-order valence-corrected chi connectivity index (χ1v) is 5.49. The summed E-state index contributed by atoms with van der Waals surface area (Å²) in [4.78, 5) is 0. The molecule has 0 aromatic heterocycles. The van der Waals surface area contributed by atoms with Crippen molar-refractivity contribution in [2.75, 3.05) is 5.73 Å². The molecule has 0 aliphatic rings. The Morgan fingerprint density at radius 2 is 1.61 bits per heavy atom. The third kappa shape index (κ3) is 2.43. The van der Waals surface area contributed by atoms with Crippen LogP contribution < -0.4 is 5.73 Å². The van der Waals surface area contributed by atoms with Crippen molar-refractivity contribution in [1.29, 1.82) is 0 Å². The minimum atomic E-state index is -4.43. The first-order chi connectivity index (χ1) is 8.39. The number of rotatable bonds is 1. The number of alkyl halides is 3. The lowest BCUT2D eigenvalue weighted by Gasteiger charge is -2.14. The SMILES string of the molecule is Nc1ccc(Cl)c(-c2ccccc2C(F)(F)F)c1. The molecule has 5 heteroatoms. The van der Waals surface area contributed by atoms with Crippen LogP contribution in [0.5, 0.6) is 0 Å². The molecule has 0 atom stereocenters. The van der Waals surface area contributed by atoms with Gasteiger partial charge in [0.1, 0.15) is 0 Å². The number of anilines is 1. The Morgan fingerprint density at radius 3 is 2.28 bits per heavy atom. The van der Waals surface area contributed by atoms with Crippen molar-refractivity contribution in [2.24, 2.45) is 0 Å². The summed E-state index contributed by atoms with van der Waals surface area (Å²) in [7, 11) is 0. The largest absolute Gasteiger partial charge is 0.417 e. The van der Waals surface area contributed by atoms with Gasteiger partial charge in [0.15, 0.2) is 0 Å². The molecule has 94 valence electrons. The number of halogens is 4. The maximum atomic E-state index is 12.9. The summed E-state index contributed by atoms with van der Waals surface area (Å²) in [6.07, 6.45) is -4.43. The molecule has 0 heterocycles. The lowest BCUT2D eigenvalue weighted by Crippen LogP contribution is -2.07. The average Bonchev–Trinajstić information content (AvgIpc) is 2.31. The fraction of sp³-hybridized carbons (Fsp3) is 0.0769. The van der Waals surface area contributed by atoms with Gasteiger partial charge in [0.05, 0.1) is 5.56 Å². The van der Waals surface area contributed by atoms with Gasteiger partial charge in [-0.3, -0.25) is 0 Å². The zero-order chi connectivity index (χ0) is 13.3. The molecular formula is C13H9ClF3N. The number of nitrogen functional groups attached to an aromatic ring is 1. The Labute approximate surface area is 107 Å². The Balaban J connectivity index is 2.68. The van der Waals surface area contributed by atoms with Gasteiger partial charge in [0.25, 0.3) is 0 Å². The number of hydrogen-bond acceptors (Lipinski definition) is 1. The third-order valence-electron chi connectivity index (χ3n) is 2.51. The van der Waals surface area contributed by atoms with Crippen molar-refractivity contribution < 1.29 is 13.2 Å². The number of hydrogen-bond donors (Lipinski definition) is 1. The lowest BCUT2D eigenvalue weighted by atomic mass is 9.99. The quantitative estimate of drug-likeness (QED) is 0.753. The van der Waals surface area contributed by atoms with E-state index in [4.69, 9.17) is 17.3 Å². The van der Waals surface area contributed by atoms with Crippen LogP contribution in [0.1, 0.15) is 5.56 Å². The van der Waals surface area contributed by atoms with E-state index in [9.17, 15) is 13.2 Å². The van der Waals surface area contributed by atoms with Crippen LogP contribution in [0.15, 0.2) is 42.5 Å². The van der Waals surface area contributed by atoms with Crippen LogP contribution in [0.25, 0.3) is 11.1 Å². The Bertz CT molecular complexity index is 579. The maximum absolute atomic E-state index is 12.9.